The fraction of sp³-hybridized carbons (Fsp3) is 0.450. The Bertz CT molecular complexity index is 677. The van der Waals surface area contributed by atoms with Crippen LogP contribution in [-0.4, -0.2) is 18.0 Å². The minimum atomic E-state index is -0.241. The normalized spacial score (nSPS) is 22.5. The van der Waals surface area contributed by atoms with Gasteiger partial charge < -0.3 is 10.6 Å². The molecule has 1 saturated carbocycles. The third-order valence-corrected chi connectivity index (χ3v) is 4.99. The molecular weight excluding hydrogens is 284 g/mol. The van der Waals surface area contributed by atoms with Crippen molar-refractivity contribution in [3.05, 3.63) is 42.5 Å². The van der Waals surface area contributed by atoms with Crippen LogP contribution in [0.2, 0.25) is 0 Å². The Hall–Kier alpha value is -2.03. The standard InChI is InChI=1S/C20H26N2O/c1-14-8-3-6-12-18(14)22-20(23)15(2)21-19-13-7-10-16-9-4-5-11-17(16)19/h4-5,7,9-11,13-15,18,21H,3,6,8,12H2,1-2H3,(H,22,23)/t14-,15-,18+/m1/s1. The molecule has 0 aliphatic heterocycles. The second kappa shape index (κ2) is 7.03. The number of nitrogens with one attached hydrogen (secondary N) is 2. The molecule has 23 heavy (non-hydrogen) atoms. The van der Waals surface area contributed by atoms with Crippen molar-refractivity contribution in [1.29, 1.82) is 0 Å². The van der Waals surface area contributed by atoms with Crippen LogP contribution in [0.15, 0.2) is 42.5 Å². The summed E-state index contributed by atoms with van der Waals surface area (Å²) >= 11 is 0. The fourth-order valence-electron chi connectivity index (χ4n) is 3.49. The van der Waals surface area contributed by atoms with Crippen LogP contribution in [0.3, 0.4) is 0 Å². The first-order valence-electron chi connectivity index (χ1n) is 8.70. The number of hydrogen-bond acceptors (Lipinski definition) is 2. The third kappa shape index (κ3) is 3.66. The molecule has 1 amide bonds. The zero-order chi connectivity index (χ0) is 16.2. The van der Waals surface area contributed by atoms with Crippen LogP contribution in [0, 0.1) is 5.92 Å². The number of amides is 1. The van der Waals surface area contributed by atoms with Gasteiger partial charge >= 0.3 is 0 Å². The highest BCUT2D eigenvalue weighted by Crippen LogP contribution is 2.25. The molecule has 0 spiro atoms. The molecule has 0 aromatic heterocycles. The summed E-state index contributed by atoms with van der Waals surface area (Å²) in [6.07, 6.45) is 4.84. The van der Waals surface area contributed by atoms with E-state index in [4.69, 9.17) is 0 Å². The summed E-state index contributed by atoms with van der Waals surface area (Å²) in [6, 6.07) is 14.5. The van der Waals surface area contributed by atoms with Crippen molar-refractivity contribution >= 4 is 22.4 Å². The highest BCUT2D eigenvalue weighted by atomic mass is 16.2. The number of benzene rings is 2. The van der Waals surface area contributed by atoms with Crippen molar-refractivity contribution in [2.24, 2.45) is 5.92 Å². The predicted molar refractivity (Wildman–Crippen MR) is 96.6 cm³/mol. The molecule has 1 aliphatic rings. The van der Waals surface area contributed by atoms with E-state index in [2.05, 4.69) is 35.8 Å². The van der Waals surface area contributed by atoms with E-state index >= 15 is 0 Å². The summed E-state index contributed by atoms with van der Waals surface area (Å²) in [7, 11) is 0. The number of carbonyl (C=O) groups excluding carboxylic acids is 1. The number of hydrogen-bond donors (Lipinski definition) is 2. The van der Waals surface area contributed by atoms with E-state index in [0.717, 1.165) is 17.5 Å². The molecule has 3 atom stereocenters. The SMILES string of the molecule is C[C@@H]1CCCC[C@@H]1NC(=O)[C@@H](C)Nc1cccc2ccccc12. The monoisotopic (exact) mass is 310 g/mol. The maximum Gasteiger partial charge on any atom is 0.242 e. The molecule has 1 aliphatic carbocycles. The van der Waals surface area contributed by atoms with Crippen molar-refractivity contribution in [3.63, 3.8) is 0 Å². The molecule has 2 aromatic carbocycles. The quantitative estimate of drug-likeness (QED) is 0.882. The Balaban J connectivity index is 1.68. The van der Waals surface area contributed by atoms with Gasteiger partial charge in [-0.2, -0.15) is 0 Å². The maximum atomic E-state index is 12.5. The second-order valence-corrected chi connectivity index (χ2v) is 6.77. The van der Waals surface area contributed by atoms with Gasteiger partial charge in [-0.15, -0.1) is 0 Å². The highest BCUT2D eigenvalue weighted by Gasteiger charge is 2.24. The van der Waals surface area contributed by atoms with Gasteiger partial charge in [0.15, 0.2) is 0 Å². The van der Waals surface area contributed by atoms with E-state index in [-0.39, 0.29) is 11.9 Å². The van der Waals surface area contributed by atoms with Crippen molar-refractivity contribution in [1.82, 2.24) is 5.32 Å². The summed E-state index contributed by atoms with van der Waals surface area (Å²) in [5.74, 6) is 0.675. The highest BCUT2D eigenvalue weighted by molar-refractivity contribution is 5.95. The predicted octanol–water partition coefficient (Wildman–Crippen LogP) is 4.34. The van der Waals surface area contributed by atoms with Crippen molar-refractivity contribution in [2.45, 2.75) is 51.6 Å². The molecule has 0 unspecified atom stereocenters. The van der Waals surface area contributed by atoms with E-state index < -0.39 is 0 Å². The van der Waals surface area contributed by atoms with E-state index in [0.29, 0.717) is 12.0 Å². The molecule has 0 heterocycles. The van der Waals surface area contributed by atoms with Crippen LogP contribution in [0.4, 0.5) is 5.69 Å². The zero-order valence-corrected chi connectivity index (χ0v) is 14.0. The molecule has 3 nitrogen and oxygen atoms in total. The average Bonchev–Trinajstić information content (AvgIpc) is 2.57. The molecule has 0 saturated heterocycles. The van der Waals surface area contributed by atoms with E-state index in [1.165, 1.54) is 24.6 Å². The van der Waals surface area contributed by atoms with Gasteiger partial charge in [0.05, 0.1) is 0 Å². The van der Waals surface area contributed by atoms with E-state index in [9.17, 15) is 4.79 Å². The summed E-state index contributed by atoms with van der Waals surface area (Å²) in [5.41, 5.74) is 1.02. The summed E-state index contributed by atoms with van der Waals surface area (Å²) in [4.78, 5) is 12.5. The Morgan fingerprint density at radius 3 is 2.65 bits per heavy atom. The molecular formula is C20H26N2O. The molecule has 3 heteroatoms. The van der Waals surface area contributed by atoms with Crippen molar-refractivity contribution in [2.75, 3.05) is 5.32 Å². The molecule has 122 valence electrons. The zero-order valence-electron chi connectivity index (χ0n) is 14.0. The first-order chi connectivity index (χ1) is 11.1. The van der Waals surface area contributed by atoms with Gasteiger partial charge in [0, 0.05) is 17.1 Å². The van der Waals surface area contributed by atoms with Crippen LogP contribution in [0.1, 0.15) is 39.5 Å². The van der Waals surface area contributed by atoms with Gasteiger partial charge in [0.1, 0.15) is 6.04 Å². The van der Waals surface area contributed by atoms with Crippen LogP contribution < -0.4 is 10.6 Å². The van der Waals surface area contributed by atoms with Crippen molar-refractivity contribution in [3.8, 4) is 0 Å². The number of anilines is 1. The lowest BCUT2D eigenvalue weighted by Gasteiger charge is -2.30. The molecule has 0 radical (unpaired) electrons. The lowest BCUT2D eigenvalue weighted by atomic mass is 9.86. The minimum Gasteiger partial charge on any atom is -0.373 e. The average molecular weight is 310 g/mol. The summed E-state index contributed by atoms with van der Waals surface area (Å²) in [6.45, 7) is 4.18. The van der Waals surface area contributed by atoms with Gasteiger partial charge in [-0.3, -0.25) is 4.79 Å². The Kier molecular flexibility index (Phi) is 4.85. The lowest BCUT2D eigenvalue weighted by molar-refractivity contribution is -0.122. The van der Waals surface area contributed by atoms with Gasteiger partial charge in [0.25, 0.3) is 0 Å². The topological polar surface area (TPSA) is 41.1 Å². The minimum absolute atomic E-state index is 0.0942. The maximum absolute atomic E-state index is 12.5. The smallest absolute Gasteiger partial charge is 0.242 e. The number of rotatable bonds is 4. The summed E-state index contributed by atoms with van der Waals surface area (Å²) in [5, 5.41) is 8.95. The molecule has 2 aromatic rings. The van der Waals surface area contributed by atoms with Gasteiger partial charge in [-0.25, -0.2) is 0 Å². The summed E-state index contributed by atoms with van der Waals surface area (Å²) < 4.78 is 0. The van der Waals surface area contributed by atoms with Gasteiger partial charge in [-0.1, -0.05) is 56.2 Å². The van der Waals surface area contributed by atoms with Crippen LogP contribution >= 0.6 is 0 Å². The first-order valence-corrected chi connectivity index (χ1v) is 8.70. The Morgan fingerprint density at radius 2 is 1.83 bits per heavy atom. The van der Waals surface area contributed by atoms with E-state index in [1.807, 2.05) is 31.2 Å². The molecule has 0 bridgehead atoms. The number of fused-ring (bicyclic) bond motifs is 1. The Labute approximate surface area is 138 Å². The number of carbonyl (C=O) groups is 1. The van der Waals surface area contributed by atoms with Gasteiger partial charge in [0.2, 0.25) is 5.91 Å². The first kappa shape index (κ1) is 15.9. The van der Waals surface area contributed by atoms with Crippen molar-refractivity contribution < 1.29 is 4.79 Å². The van der Waals surface area contributed by atoms with Crippen LogP contribution in [0.25, 0.3) is 10.8 Å². The largest absolute Gasteiger partial charge is 0.373 e. The molecule has 3 rings (SSSR count). The molecule has 1 fully saturated rings. The van der Waals surface area contributed by atoms with Crippen LogP contribution in [0.5, 0.6) is 0 Å². The van der Waals surface area contributed by atoms with Gasteiger partial charge in [-0.05, 0) is 37.1 Å². The lowest BCUT2D eigenvalue weighted by Crippen LogP contribution is -2.46. The van der Waals surface area contributed by atoms with E-state index in [1.54, 1.807) is 0 Å². The molecule has 2 N–H and O–H groups in total. The third-order valence-electron chi connectivity index (χ3n) is 4.99. The second-order valence-electron chi connectivity index (χ2n) is 6.77. The fourth-order valence-corrected chi connectivity index (χ4v) is 3.49. The Morgan fingerprint density at radius 1 is 1.09 bits per heavy atom. The van der Waals surface area contributed by atoms with Crippen LogP contribution in [-0.2, 0) is 4.79 Å².